The Hall–Kier alpha value is -0.810. The molecule has 5 nitrogen and oxygen atoms in total. The fourth-order valence-electron chi connectivity index (χ4n) is 1.75. The molecule has 0 aromatic rings. The third kappa shape index (κ3) is 6.21. The summed E-state index contributed by atoms with van der Waals surface area (Å²) in [6.07, 6.45) is 2.14. The standard InChI is InChI=1S/C13H26N2O3/c1-13(2,3)18-12(16)15(4)9-10-17-11-5-7-14-8-6-11/h11,14H,5-10H2,1-4H3. The molecule has 0 atom stereocenters. The van der Waals surface area contributed by atoms with E-state index < -0.39 is 5.60 Å². The molecular formula is C13H26N2O3. The van der Waals surface area contributed by atoms with E-state index in [0.29, 0.717) is 19.3 Å². The molecule has 18 heavy (non-hydrogen) atoms. The number of carbonyl (C=O) groups excluding carboxylic acids is 1. The van der Waals surface area contributed by atoms with Crippen molar-refractivity contribution in [2.45, 2.75) is 45.3 Å². The quantitative estimate of drug-likeness (QED) is 0.832. The second-order valence-electron chi connectivity index (χ2n) is 5.72. The normalized spacial score (nSPS) is 17.6. The van der Waals surface area contributed by atoms with Crippen molar-refractivity contribution in [2.24, 2.45) is 0 Å². The maximum absolute atomic E-state index is 11.7. The van der Waals surface area contributed by atoms with E-state index in [2.05, 4.69) is 5.32 Å². The third-order valence-corrected chi connectivity index (χ3v) is 2.77. The summed E-state index contributed by atoms with van der Waals surface area (Å²) in [5.41, 5.74) is -0.443. The molecule has 106 valence electrons. The number of rotatable bonds is 4. The molecule has 0 saturated carbocycles. The first-order valence-electron chi connectivity index (χ1n) is 6.65. The summed E-state index contributed by atoms with van der Waals surface area (Å²) >= 11 is 0. The zero-order valence-corrected chi connectivity index (χ0v) is 12.0. The van der Waals surface area contributed by atoms with E-state index in [9.17, 15) is 4.79 Å². The molecule has 1 amide bonds. The van der Waals surface area contributed by atoms with E-state index in [4.69, 9.17) is 9.47 Å². The maximum atomic E-state index is 11.7. The Bertz CT molecular complexity index is 257. The minimum atomic E-state index is -0.443. The van der Waals surface area contributed by atoms with Gasteiger partial charge in [0.2, 0.25) is 0 Å². The van der Waals surface area contributed by atoms with E-state index >= 15 is 0 Å². The summed E-state index contributed by atoms with van der Waals surface area (Å²) in [5.74, 6) is 0. The first kappa shape index (κ1) is 15.2. The Morgan fingerprint density at radius 3 is 2.50 bits per heavy atom. The Balaban J connectivity index is 2.15. The highest BCUT2D eigenvalue weighted by molar-refractivity contribution is 5.67. The topological polar surface area (TPSA) is 50.8 Å². The van der Waals surface area contributed by atoms with Gasteiger partial charge in [0.25, 0.3) is 0 Å². The van der Waals surface area contributed by atoms with E-state index in [0.717, 1.165) is 25.9 Å². The number of nitrogens with one attached hydrogen (secondary N) is 1. The largest absolute Gasteiger partial charge is 0.444 e. The number of piperidine rings is 1. The second-order valence-corrected chi connectivity index (χ2v) is 5.72. The van der Waals surface area contributed by atoms with Gasteiger partial charge in [-0.05, 0) is 46.7 Å². The molecule has 0 radical (unpaired) electrons. The van der Waals surface area contributed by atoms with Crippen LogP contribution in [0, 0.1) is 0 Å². The van der Waals surface area contributed by atoms with Crippen molar-refractivity contribution in [3.63, 3.8) is 0 Å². The van der Waals surface area contributed by atoms with Gasteiger partial charge in [0, 0.05) is 13.6 Å². The predicted molar refractivity (Wildman–Crippen MR) is 70.7 cm³/mol. The lowest BCUT2D eigenvalue weighted by Gasteiger charge is -2.26. The molecule has 1 heterocycles. The Morgan fingerprint density at radius 2 is 1.94 bits per heavy atom. The van der Waals surface area contributed by atoms with Crippen LogP contribution in [0.5, 0.6) is 0 Å². The summed E-state index contributed by atoms with van der Waals surface area (Å²) in [5, 5.41) is 3.29. The monoisotopic (exact) mass is 258 g/mol. The molecule has 0 bridgehead atoms. The van der Waals surface area contributed by atoms with Crippen molar-refractivity contribution in [1.82, 2.24) is 10.2 Å². The van der Waals surface area contributed by atoms with Gasteiger partial charge < -0.3 is 19.7 Å². The van der Waals surface area contributed by atoms with Crippen LogP contribution in [0.4, 0.5) is 4.79 Å². The highest BCUT2D eigenvalue weighted by atomic mass is 16.6. The summed E-state index contributed by atoms with van der Waals surface area (Å²) < 4.78 is 11.0. The number of likely N-dealkylation sites (N-methyl/N-ethyl adjacent to an activating group) is 1. The van der Waals surface area contributed by atoms with Crippen molar-refractivity contribution in [3.8, 4) is 0 Å². The minimum absolute atomic E-state index is 0.295. The molecule has 0 aliphatic carbocycles. The van der Waals surface area contributed by atoms with Gasteiger partial charge in [-0.3, -0.25) is 0 Å². The Morgan fingerprint density at radius 1 is 1.33 bits per heavy atom. The molecule has 0 spiro atoms. The molecular weight excluding hydrogens is 232 g/mol. The summed E-state index contributed by atoms with van der Waals surface area (Å²) in [7, 11) is 1.74. The molecule has 1 aliphatic rings. The predicted octanol–water partition coefficient (Wildman–Crippen LogP) is 1.62. The van der Waals surface area contributed by atoms with Crippen LogP contribution in [0.2, 0.25) is 0 Å². The first-order chi connectivity index (χ1) is 8.38. The van der Waals surface area contributed by atoms with Gasteiger partial charge in [0.1, 0.15) is 5.60 Å². The molecule has 5 heteroatoms. The van der Waals surface area contributed by atoms with Gasteiger partial charge >= 0.3 is 6.09 Å². The molecule has 1 rings (SSSR count). The van der Waals surface area contributed by atoms with Crippen LogP contribution in [-0.4, -0.2) is 56.0 Å². The fourth-order valence-corrected chi connectivity index (χ4v) is 1.75. The number of hydrogen-bond acceptors (Lipinski definition) is 4. The van der Waals surface area contributed by atoms with Crippen molar-refractivity contribution in [3.05, 3.63) is 0 Å². The molecule has 1 aliphatic heterocycles. The third-order valence-electron chi connectivity index (χ3n) is 2.77. The van der Waals surface area contributed by atoms with Crippen LogP contribution in [-0.2, 0) is 9.47 Å². The van der Waals surface area contributed by atoms with E-state index in [-0.39, 0.29) is 6.09 Å². The molecule has 1 fully saturated rings. The van der Waals surface area contributed by atoms with Crippen LogP contribution < -0.4 is 5.32 Å². The number of amides is 1. The average Bonchev–Trinajstić information content (AvgIpc) is 2.28. The fraction of sp³-hybridized carbons (Fsp3) is 0.923. The summed E-state index contributed by atoms with van der Waals surface area (Å²) in [6, 6.07) is 0. The second kappa shape index (κ2) is 6.95. The van der Waals surface area contributed by atoms with E-state index in [1.807, 2.05) is 20.8 Å². The summed E-state index contributed by atoms with van der Waals surface area (Å²) in [6.45, 7) is 8.77. The van der Waals surface area contributed by atoms with E-state index in [1.54, 1.807) is 11.9 Å². The number of ether oxygens (including phenoxy) is 2. The van der Waals surface area contributed by atoms with Crippen LogP contribution >= 0.6 is 0 Å². The molecule has 0 aromatic heterocycles. The highest BCUT2D eigenvalue weighted by Gasteiger charge is 2.20. The van der Waals surface area contributed by atoms with Crippen molar-refractivity contribution < 1.29 is 14.3 Å². The molecule has 1 saturated heterocycles. The number of nitrogens with zero attached hydrogens (tertiary/aromatic N) is 1. The van der Waals surface area contributed by atoms with Crippen LogP contribution in [0.15, 0.2) is 0 Å². The smallest absolute Gasteiger partial charge is 0.410 e. The van der Waals surface area contributed by atoms with Crippen molar-refractivity contribution >= 4 is 6.09 Å². The first-order valence-corrected chi connectivity index (χ1v) is 6.65. The Kier molecular flexibility index (Phi) is 5.88. The van der Waals surface area contributed by atoms with Crippen LogP contribution in [0.1, 0.15) is 33.6 Å². The molecule has 1 N–H and O–H groups in total. The van der Waals surface area contributed by atoms with Gasteiger partial charge in [-0.15, -0.1) is 0 Å². The highest BCUT2D eigenvalue weighted by Crippen LogP contribution is 2.10. The lowest BCUT2D eigenvalue weighted by molar-refractivity contribution is 0.00508. The lowest BCUT2D eigenvalue weighted by Crippen LogP contribution is -2.37. The SMILES string of the molecule is CN(CCOC1CCNCC1)C(=O)OC(C)(C)C. The van der Waals surface area contributed by atoms with Gasteiger partial charge in [0.15, 0.2) is 0 Å². The lowest BCUT2D eigenvalue weighted by atomic mass is 10.1. The number of carbonyl (C=O) groups is 1. The van der Waals surface area contributed by atoms with Gasteiger partial charge in [-0.25, -0.2) is 4.79 Å². The zero-order chi connectivity index (χ0) is 13.6. The van der Waals surface area contributed by atoms with E-state index in [1.165, 1.54) is 0 Å². The molecule has 0 aromatic carbocycles. The van der Waals surface area contributed by atoms with Gasteiger partial charge in [0.05, 0.1) is 12.7 Å². The number of hydrogen-bond donors (Lipinski definition) is 1. The van der Waals surface area contributed by atoms with Crippen molar-refractivity contribution in [1.29, 1.82) is 0 Å². The molecule has 0 unspecified atom stereocenters. The zero-order valence-electron chi connectivity index (χ0n) is 12.0. The summed E-state index contributed by atoms with van der Waals surface area (Å²) in [4.78, 5) is 13.2. The minimum Gasteiger partial charge on any atom is -0.444 e. The van der Waals surface area contributed by atoms with Crippen molar-refractivity contribution in [2.75, 3.05) is 33.3 Å². The Labute approximate surface area is 110 Å². The maximum Gasteiger partial charge on any atom is 0.410 e. The van der Waals surface area contributed by atoms with Gasteiger partial charge in [-0.2, -0.15) is 0 Å². The van der Waals surface area contributed by atoms with Crippen LogP contribution in [0.25, 0.3) is 0 Å². The van der Waals surface area contributed by atoms with Gasteiger partial charge in [-0.1, -0.05) is 0 Å². The average molecular weight is 258 g/mol. The van der Waals surface area contributed by atoms with Crippen LogP contribution in [0.3, 0.4) is 0 Å².